The fourth-order valence-electron chi connectivity index (χ4n) is 1.60. The zero-order chi connectivity index (χ0) is 12.3. The van der Waals surface area contributed by atoms with Crippen molar-refractivity contribution in [2.45, 2.75) is 13.0 Å². The van der Waals surface area contributed by atoms with Crippen molar-refractivity contribution in [3.05, 3.63) is 0 Å². The molecule has 1 heterocycles. The zero-order valence-electron chi connectivity index (χ0n) is 9.21. The third-order valence-electron chi connectivity index (χ3n) is 2.54. The van der Waals surface area contributed by atoms with Gasteiger partial charge in [0.1, 0.15) is 0 Å². The van der Waals surface area contributed by atoms with Crippen LogP contribution in [0.2, 0.25) is 0 Å². The lowest BCUT2D eigenvalue weighted by molar-refractivity contribution is -0.142. The first-order chi connectivity index (χ1) is 7.40. The molecule has 0 aromatic heterocycles. The topological polar surface area (TPSA) is 95.9 Å². The van der Waals surface area contributed by atoms with E-state index < -0.39 is 28.1 Å². The summed E-state index contributed by atoms with van der Waals surface area (Å²) < 4.78 is 31.7. The molecule has 8 heteroatoms. The van der Waals surface area contributed by atoms with E-state index in [9.17, 15) is 13.2 Å². The van der Waals surface area contributed by atoms with Crippen LogP contribution in [0.1, 0.15) is 6.92 Å². The molecule has 0 amide bonds. The van der Waals surface area contributed by atoms with Crippen molar-refractivity contribution in [1.82, 2.24) is 9.03 Å². The zero-order valence-corrected chi connectivity index (χ0v) is 10.0. The van der Waals surface area contributed by atoms with Gasteiger partial charge in [-0.2, -0.15) is 12.7 Å². The summed E-state index contributed by atoms with van der Waals surface area (Å²) in [5, 5.41) is 8.91. The highest BCUT2D eigenvalue weighted by Gasteiger charge is 2.40. The van der Waals surface area contributed by atoms with E-state index in [0.717, 1.165) is 4.31 Å². The van der Waals surface area contributed by atoms with Gasteiger partial charge < -0.3 is 9.84 Å². The number of ether oxygens (including phenoxy) is 1. The molecule has 0 spiro atoms. The molecule has 2 N–H and O–H groups in total. The highest BCUT2D eigenvalue weighted by molar-refractivity contribution is 7.87. The standard InChI is InChI=1S/C8H16N2O5S/c1-3-9-16(13,14)10(2)7-5-15-4-6(7)8(11)12/h6-7,9H,3-5H2,1-2H3,(H,11,12). The van der Waals surface area contributed by atoms with Crippen molar-refractivity contribution in [1.29, 1.82) is 0 Å². The van der Waals surface area contributed by atoms with E-state index in [-0.39, 0.29) is 19.8 Å². The van der Waals surface area contributed by atoms with Crippen LogP contribution in [-0.4, -0.2) is 56.6 Å². The Morgan fingerprint density at radius 1 is 1.56 bits per heavy atom. The Balaban J connectivity index is 2.80. The molecule has 1 saturated heterocycles. The highest BCUT2D eigenvalue weighted by atomic mass is 32.2. The van der Waals surface area contributed by atoms with Crippen LogP contribution in [0, 0.1) is 5.92 Å². The van der Waals surface area contributed by atoms with Crippen LogP contribution in [0.25, 0.3) is 0 Å². The van der Waals surface area contributed by atoms with Gasteiger partial charge in [-0.25, -0.2) is 4.72 Å². The van der Waals surface area contributed by atoms with E-state index in [1.165, 1.54) is 7.05 Å². The molecule has 94 valence electrons. The minimum Gasteiger partial charge on any atom is -0.481 e. The fraction of sp³-hybridized carbons (Fsp3) is 0.875. The van der Waals surface area contributed by atoms with Gasteiger partial charge in [0, 0.05) is 13.6 Å². The van der Waals surface area contributed by atoms with Gasteiger partial charge in [-0.05, 0) is 0 Å². The average Bonchev–Trinajstić information content (AvgIpc) is 2.64. The highest BCUT2D eigenvalue weighted by Crippen LogP contribution is 2.20. The number of aliphatic carboxylic acids is 1. The molecule has 0 bridgehead atoms. The lowest BCUT2D eigenvalue weighted by Crippen LogP contribution is -2.48. The Morgan fingerprint density at radius 3 is 2.69 bits per heavy atom. The molecule has 1 aliphatic rings. The van der Waals surface area contributed by atoms with Gasteiger partial charge in [-0.15, -0.1) is 0 Å². The van der Waals surface area contributed by atoms with Crippen molar-refractivity contribution in [2.75, 3.05) is 26.8 Å². The first kappa shape index (κ1) is 13.4. The predicted molar refractivity (Wildman–Crippen MR) is 56.1 cm³/mol. The first-order valence-corrected chi connectivity index (χ1v) is 6.37. The summed E-state index contributed by atoms with van der Waals surface area (Å²) in [6, 6.07) is -0.651. The number of nitrogens with zero attached hydrogens (tertiary/aromatic N) is 1. The molecule has 1 rings (SSSR count). The lowest BCUT2D eigenvalue weighted by atomic mass is 10.1. The van der Waals surface area contributed by atoms with Gasteiger partial charge in [0.2, 0.25) is 0 Å². The summed E-state index contributed by atoms with van der Waals surface area (Å²) in [4.78, 5) is 10.9. The quantitative estimate of drug-likeness (QED) is 0.645. The molecule has 0 aromatic carbocycles. The molecule has 0 aliphatic carbocycles. The number of nitrogens with one attached hydrogen (secondary N) is 1. The number of likely N-dealkylation sites (N-methyl/N-ethyl adjacent to an activating group) is 1. The molecule has 0 radical (unpaired) electrons. The minimum absolute atomic E-state index is 0.0476. The SMILES string of the molecule is CCNS(=O)(=O)N(C)C1COCC1C(=O)O. The predicted octanol–water partition coefficient (Wildman–Crippen LogP) is -1.13. The largest absolute Gasteiger partial charge is 0.481 e. The molecule has 2 unspecified atom stereocenters. The molecule has 16 heavy (non-hydrogen) atoms. The molecule has 1 fully saturated rings. The second-order valence-electron chi connectivity index (χ2n) is 3.57. The fourth-order valence-corrected chi connectivity index (χ4v) is 2.73. The first-order valence-electron chi connectivity index (χ1n) is 4.93. The third kappa shape index (κ3) is 2.70. The summed E-state index contributed by atoms with van der Waals surface area (Å²) in [5.41, 5.74) is 0. The van der Waals surface area contributed by atoms with Crippen LogP contribution >= 0.6 is 0 Å². The molecule has 7 nitrogen and oxygen atoms in total. The number of carbonyl (C=O) groups is 1. The number of carboxylic acids is 1. The Labute approximate surface area is 94.6 Å². The van der Waals surface area contributed by atoms with Gasteiger partial charge in [0.25, 0.3) is 10.2 Å². The lowest BCUT2D eigenvalue weighted by Gasteiger charge is -2.25. The van der Waals surface area contributed by atoms with Gasteiger partial charge in [0.05, 0.1) is 25.2 Å². The maximum Gasteiger partial charge on any atom is 0.310 e. The summed E-state index contributed by atoms with van der Waals surface area (Å²) in [7, 11) is -2.27. The van der Waals surface area contributed by atoms with E-state index in [4.69, 9.17) is 9.84 Å². The van der Waals surface area contributed by atoms with Crippen LogP contribution in [-0.2, 0) is 19.7 Å². The van der Waals surface area contributed by atoms with Gasteiger partial charge in [-0.3, -0.25) is 4.79 Å². The van der Waals surface area contributed by atoms with Crippen LogP contribution in [0.3, 0.4) is 0 Å². The maximum atomic E-state index is 11.7. The van der Waals surface area contributed by atoms with E-state index in [1.807, 2.05) is 0 Å². The Bertz CT molecular complexity index is 355. The summed E-state index contributed by atoms with van der Waals surface area (Å²) in [5.74, 6) is -1.85. The maximum absolute atomic E-state index is 11.7. The van der Waals surface area contributed by atoms with Crippen molar-refractivity contribution < 1.29 is 23.1 Å². The molecule has 2 atom stereocenters. The number of carboxylic acid groups (broad SMARTS) is 1. The number of hydrogen-bond acceptors (Lipinski definition) is 4. The van der Waals surface area contributed by atoms with E-state index >= 15 is 0 Å². The van der Waals surface area contributed by atoms with Crippen LogP contribution in [0.5, 0.6) is 0 Å². The van der Waals surface area contributed by atoms with Gasteiger partial charge in [0.15, 0.2) is 0 Å². The van der Waals surface area contributed by atoms with E-state index in [1.54, 1.807) is 6.92 Å². The van der Waals surface area contributed by atoms with Crippen LogP contribution < -0.4 is 4.72 Å². The Morgan fingerprint density at radius 2 is 2.19 bits per heavy atom. The normalized spacial score (nSPS) is 26.2. The molecule has 0 aromatic rings. The summed E-state index contributed by atoms with van der Waals surface area (Å²) in [6.07, 6.45) is 0. The molecule has 0 saturated carbocycles. The van der Waals surface area contributed by atoms with Crippen molar-refractivity contribution in [3.8, 4) is 0 Å². The van der Waals surface area contributed by atoms with E-state index in [0.29, 0.717) is 0 Å². The molecular formula is C8H16N2O5S. The Kier molecular flexibility index (Phi) is 4.25. The van der Waals surface area contributed by atoms with Gasteiger partial charge >= 0.3 is 5.97 Å². The van der Waals surface area contributed by atoms with Crippen LogP contribution in [0.4, 0.5) is 0 Å². The number of rotatable bonds is 5. The van der Waals surface area contributed by atoms with Crippen LogP contribution in [0.15, 0.2) is 0 Å². The number of hydrogen-bond donors (Lipinski definition) is 2. The third-order valence-corrected chi connectivity index (χ3v) is 4.22. The van der Waals surface area contributed by atoms with Crippen molar-refractivity contribution in [2.24, 2.45) is 5.92 Å². The van der Waals surface area contributed by atoms with E-state index in [2.05, 4.69) is 4.72 Å². The average molecular weight is 252 g/mol. The summed E-state index contributed by atoms with van der Waals surface area (Å²) in [6.45, 7) is 2.08. The second kappa shape index (κ2) is 5.09. The smallest absolute Gasteiger partial charge is 0.310 e. The second-order valence-corrected chi connectivity index (χ2v) is 5.38. The van der Waals surface area contributed by atoms with Crippen molar-refractivity contribution in [3.63, 3.8) is 0 Å². The molecule has 1 aliphatic heterocycles. The van der Waals surface area contributed by atoms with Crippen molar-refractivity contribution >= 4 is 16.2 Å². The monoisotopic (exact) mass is 252 g/mol. The minimum atomic E-state index is -3.62. The Hall–Kier alpha value is -0.700. The summed E-state index contributed by atoms with van der Waals surface area (Å²) >= 11 is 0. The van der Waals surface area contributed by atoms with Gasteiger partial charge in [-0.1, -0.05) is 6.92 Å². The molecular weight excluding hydrogens is 236 g/mol.